The Bertz CT molecular complexity index is 471. The molecule has 0 saturated heterocycles. The van der Waals surface area contributed by atoms with E-state index in [2.05, 4.69) is 17.0 Å². The maximum atomic E-state index is 11.3. The third kappa shape index (κ3) is 4.55. The van der Waals surface area contributed by atoms with Crippen LogP contribution in [0.15, 0.2) is 24.3 Å². The highest BCUT2D eigenvalue weighted by Gasteiger charge is 2.31. The molecule has 0 amide bonds. The first kappa shape index (κ1) is 16.0. The minimum absolute atomic E-state index is 0.319. The molecule has 1 aromatic carbocycles. The van der Waals surface area contributed by atoms with Gasteiger partial charge in [-0.1, -0.05) is 31.9 Å². The Morgan fingerprint density at radius 2 is 2.14 bits per heavy atom. The summed E-state index contributed by atoms with van der Waals surface area (Å²) in [4.78, 5) is 11.3. The first-order valence-corrected chi connectivity index (χ1v) is 7.63. The summed E-state index contributed by atoms with van der Waals surface area (Å²) in [6.07, 6.45) is 4.08. The second kappa shape index (κ2) is 7.05. The monoisotopic (exact) mass is 291 g/mol. The Morgan fingerprint density at radius 3 is 2.76 bits per heavy atom. The smallest absolute Gasteiger partial charge is 0.337 e. The van der Waals surface area contributed by atoms with E-state index in [0.29, 0.717) is 24.6 Å². The molecule has 4 nitrogen and oxygen atoms in total. The predicted octanol–water partition coefficient (Wildman–Crippen LogP) is 2.50. The standard InChI is InChI=1S/C17H25NO3/c1-13-4-3-9-17(20,10-13)12-18-11-14-5-7-15(8-6-14)16(19)21-2/h5-8,13,18,20H,3-4,9-12H2,1-2H3. The average Bonchev–Trinajstić information content (AvgIpc) is 2.47. The van der Waals surface area contributed by atoms with E-state index in [-0.39, 0.29) is 5.97 Å². The van der Waals surface area contributed by atoms with Crippen LogP contribution in [-0.4, -0.2) is 30.3 Å². The number of nitrogens with one attached hydrogen (secondary N) is 1. The second-order valence-corrected chi connectivity index (χ2v) is 6.22. The van der Waals surface area contributed by atoms with Crippen molar-refractivity contribution in [3.8, 4) is 0 Å². The van der Waals surface area contributed by atoms with E-state index in [1.807, 2.05) is 12.1 Å². The lowest BCUT2D eigenvalue weighted by Gasteiger charge is -2.35. The van der Waals surface area contributed by atoms with Crippen LogP contribution in [0.2, 0.25) is 0 Å². The van der Waals surface area contributed by atoms with Crippen LogP contribution < -0.4 is 5.32 Å². The van der Waals surface area contributed by atoms with Gasteiger partial charge in [-0.3, -0.25) is 0 Å². The summed E-state index contributed by atoms with van der Waals surface area (Å²) in [5.74, 6) is 0.282. The number of carbonyl (C=O) groups is 1. The third-order valence-electron chi connectivity index (χ3n) is 4.23. The number of ether oxygens (including phenoxy) is 1. The highest BCUT2D eigenvalue weighted by molar-refractivity contribution is 5.89. The quantitative estimate of drug-likeness (QED) is 0.818. The fourth-order valence-electron chi connectivity index (χ4n) is 3.11. The molecule has 116 valence electrons. The summed E-state index contributed by atoms with van der Waals surface area (Å²) in [6, 6.07) is 7.35. The maximum Gasteiger partial charge on any atom is 0.337 e. The van der Waals surface area contributed by atoms with Crippen molar-refractivity contribution in [2.24, 2.45) is 5.92 Å². The highest BCUT2D eigenvalue weighted by atomic mass is 16.5. The van der Waals surface area contributed by atoms with Crippen molar-refractivity contribution in [1.82, 2.24) is 5.32 Å². The second-order valence-electron chi connectivity index (χ2n) is 6.22. The van der Waals surface area contributed by atoms with E-state index in [4.69, 9.17) is 0 Å². The van der Waals surface area contributed by atoms with Crippen molar-refractivity contribution in [2.45, 2.75) is 44.8 Å². The molecular weight excluding hydrogens is 266 g/mol. The van der Waals surface area contributed by atoms with Gasteiger partial charge in [0, 0.05) is 13.1 Å². The number of rotatable bonds is 5. The lowest BCUT2D eigenvalue weighted by molar-refractivity contribution is -0.0119. The van der Waals surface area contributed by atoms with E-state index >= 15 is 0 Å². The molecular formula is C17H25NO3. The molecule has 2 atom stereocenters. The molecule has 2 rings (SSSR count). The predicted molar refractivity (Wildman–Crippen MR) is 82.1 cm³/mol. The summed E-state index contributed by atoms with van der Waals surface area (Å²) in [6.45, 7) is 3.52. The van der Waals surface area contributed by atoms with Gasteiger partial charge >= 0.3 is 5.97 Å². The number of esters is 1. The van der Waals surface area contributed by atoms with Crippen LogP contribution in [0.1, 0.15) is 48.5 Å². The molecule has 1 fully saturated rings. The number of benzene rings is 1. The summed E-state index contributed by atoms with van der Waals surface area (Å²) >= 11 is 0. The van der Waals surface area contributed by atoms with Crippen molar-refractivity contribution in [1.29, 1.82) is 0 Å². The molecule has 1 saturated carbocycles. The van der Waals surface area contributed by atoms with Crippen molar-refractivity contribution in [2.75, 3.05) is 13.7 Å². The normalized spacial score (nSPS) is 25.6. The highest BCUT2D eigenvalue weighted by Crippen LogP contribution is 2.31. The summed E-state index contributed by atoms with van der Waals surface area (Å²) < 4.78 is 4.67. The van der Waals surface area contributed by atoms with Crippen molar-refractivity contribution in [3.05, 3.63) is 35.4 Å². The van der Waals surface area contributed by atoms with Crippen LogP contribution in [-0.2, 0) is 11.3 Å². The zero-order chi connectivity index (χ0) is 15.3. The van der Waals surface area contributed by atoms with E-state index in [9.17, 15) is 9.90 Å². The van der Waals surface area contributed by atoms with Gasteiger partial charge in [-0.15, -0.1) is 0 Å². The average molecular weight is 291 g/mol. The van der Waals surface area contributed by atoms with Crippen molar-refractivity contribution in [3.63, 3.8) is 0 Å². The molecule has 0 radical (unpaired) electrons. The largest absolute Gasteiger partial charge is 0.465 e. The topological polar surface area (TPSA) is 58.6 Å². The number of hydrogen-bond donors (Lipinski definition) is 2. The molecule has 2 N–H and O–H groups in total. The fourth-order valence-corrected chi connectivity index (χ4v) is 3.11. The zero-order valence-corrected chi connectivity index (χ0v) is 12.9. The molecule has 2 unspecified atom stereocenters. The maximum absolute atomic E-state index is 11.3. The molecule has 1 aliphatic carbocycles. The van der Waals surface area contributed by atoms with Crippen LogP contribution >= 0.6 is 0 Å². The number of carbonyl (C=O) groups excluding carboxylic acids is 1. The van der Waals surface area contributed by atoms with Crippen LogP contribution in [0.25, 0.3) is 0 Å². The summed E-state index contributed by atoms with van der Waals surface area (Å²) in [5, 5.41) is 13.9. The van der Waals surface area contributed by atoms with Crippen molar-refractivity contribution >= 4 is 5.97 Å². The van der Waals surface area contributed by atoms with Crippen LogP contribution in [0.4, 0.5) is 0 Å². The Kier molecular flexibility index (Phi) is 5.37. The Morgan fingerprint density at radius 1 is 1.43 bits per heavy atom. The zero-order valence-electron chi connectivity index (χ0n) is 12.9. The molecule has 0 aliphatic heterocycles. The molecule has 1 aliphatic rings. The van der Waals surface area contributed by atoms with E-state index in [1.165, 1.54) is 13.5 Å². The SMILES string of the molecule is COC(=O)c1ccc(CNCC2(O)CCCC(C)C2)cc1. The first-order valence-electron chi connectivity index (χ1n) is 7.63. The Hall–Kier alpha value is -1.39. The van der Waals surface area contributed by atoms with E-state index < -0.39 is 5.60 Å². The Balaban J connectivity index is 1.82. The van der Waals surface area contributed by atoms with Gasteiger partial charge in [0.05, 0.1) is 18.3 Å². The molecule has 0 aromatic heterocycles. The van der Waals surface area contributed by atoms with Gasteiger partial charge in [-0.25, -0.2) is 4.79 Å². The van der Waals surface area contributed by atoms with Crippen LogP contribution in [0.5, 0.6) is 0 Å². The summed E-state index contributed by atoms with van der Waals surface area (Å²) in [5.41, 5.74) is 1.08. The number of methoxy groups -OCH3 is 1. The van der Waals surface area contributed by atoms with E-state index in [1.54, 1.807) is 12.1 Å². The number of aliphatic hydroxyl groups is 1. The van der Waals surface area contributed by atoms with Gasteiger partial charge in [-0.2, -0.15) is 0 Å². The molecule has 21 heavy (non-hydrogen) atoms. The third-order valence-corrected chi connectivity index (χ3v) is 4.23. The summed E-state index contributed by atoms with van der Waals surface area (Å²) in [7, 11) is 1.38. The van der Waals surface area contributed by atoms with E-state index in [0.717, 1.165) is 24.8 Å². The molecule has 1 aromatic rings. The van der Waals surface area contributed by atoms with Gasteiger partial charge in [0.25, 0.3) is 0 Å². The molecule has 0 heterocycles. The van der Waals surface area contributed by atoms with Gasteiger partial charge in [0.1, 0.15) is 0 Å². The molecule has 0 spiro atoms. The number of hydrogen-bond acceptors (Lipinski definition) is 4. The van der Waals surface area contributed by atoms with Crippen LogP contribution in [0.3, 0.4) is 0 Å². The van der Waals surface area contributed by atoms with Gasteiger partial charge in [-0.05, 0) is 36.5 Å². The van der Waals surface area contributed by atoms with Gasteiger partial charge < -0.3 is 15.2 Å². The minimum atomic E-state index is -0.566. The lowest BCUT2D eigenvalue weighted by Crippen LogP contribution is -2.43. The van der Waals surface area contributed by atoms with Crippen LogP contribution in [0, 0.1) is 5.92 Å². The minimum Gasteiger partial charge on any atom is -0.465 e. The van der Waals surface area contributed by atoms with Gasteiger partial charge in [0.15, 0.2) is 0 Å². The van der Waals surface area contributed by atoms with Crippen molar-refractivity contribution < 1.29 is 14.6 Å². The molecule has 4 heteroatoms. The van der Waals surface area contributed by atoms with Gasteiger partial charge in [0.2, 0.25) is 0 Å². The lowest BCUT2D eigenvalue weighted by atomic mass is 9.79. The molecule has 0 bridgehead atoms. The Labute approximate surface area is 126 Å². The first-order chi connectivity index (χ1) is 10.0. The fraction of sp³-hybridized carbons (Fsp3) is 0.588.